The third-order valence-corrected chi connectivity index (χ3v) is 23.4. The lowest BCUT2D eigenvalue weighted by molar-refractivity contribution is -0.411. The molecule has 11 aliphatic heterocycles. The summed E-state index contributed by atoms with van der Waals surface area (Å²) in [5, 5.41) is 379. The average Bonchev–Trinajstić information content (AvgIpc) is 0.761. The van der Waals surface area contributed by atoms with Crippen molar-refractivity contribution < 1.29 is 278 Å². The summed E-state index contributed by atoms with van der Waals surface area (Å²) >= 11 is 0. The molecule has 35 N–H and O–H groups in total. The van der Waals surface area contributed by atoms with E-state index < -0.39 is 416 Å². The molecular formula is C68H115NO56. The van der Waals surface area contributed by atoms with E-state index in [4.69, 9.17) is 99.5 Å². The molecule has 11 rings (SSSR count). The summed E-state index contributed by atoms with van der Waals surface area (Å²) < 4.78 is 123. The number of aliphatic hydroxyl groups excluding tert-OH is 34. The van der Waals surface area contributed by atoms with Crippen LogP contribution in [0.5, 0.6) is 0 Å². The molecule has 0 aromatic rings. The first-order valence-corrected chi connectivity index (χ1v) is 39.7. The summed E-state index contributed by atoms with van der Waals surface area (Å²) in [5.41, 5.74) is 0. The fraction of sp³-hybridized carbons (Fsp3) is 0.985. The van der Waals surface area contributed by atoms with Gasteiger partial charge in [-0.05, 0) is 0 Å². The first-order valence-electron chi connectivity index (χ1n) is 39.7. The third-order valence-electron chi connectivity index (χ3n) is 23.4. The Labute approximate surface area is 704 Å². The number of hydrogen-bond acceptors (Lipinski definition) is 56. The monoisotopic (exact) mass is 1840 g/mol. The molecule has 728 valence electrons. The van der Waals surface area contributed by atoms with Crippen LogP contribution in [0.25, 0.3) is 0 Å². The molecule has 0 aliphatic carbocycles. The Balaban J connectivity index is 0.930. The molecule has 0 radical (unpaired) electrons. The zero-order valence-corrected chi connectivity index (χ0v) is 65.7. The Morgan fingerprint density at radius 1 is 0.208 bits per heavy atom. The van der Waals surface area contributed by atoms with Gasteiger partial charge >= 0.3 is 0 Å². The lowest BCUT2D eigenvalue weighted by atomic mass is 9.94. The van der Waals surface area contributed by atoms with E-state index in [0.717, 1.165) is 6.92 Å². The molecule has 55 atom stereocenters. The molecule has 0 spiro atoms. The zero-order valence-electron chi connectivity index (χ0n) is 65.7. The van der Waals surface area contributed by atoms with Crippen LogP contribution in [-0.2, 0) is 104 Å². The molecule has 0 saturated carbocycles. The van der Waals surface area contributed by atoms with Crippen molar-refractivity contribution in [2.45, 2.75) is 345 Å². The molecule has 0 aromatic heterocycles. The van der Waals surface area contributed by atoms with Crippen LogP contribution in [0.4, 0.5) is 0 Å². The van der Waals surface area contributed by atoms with E-state index in [9.17, 15) is 178 Å². The van der Waals surface area contributed by atoms with E-state index in [1.165, 1.54) is 0 Å². The van der Waals surface area contributed by atoms with Crippen molar-refractivity contribution in [3.8, 4) is 0 Å². The fourth-order valence-corrected chi connectivity index (χ4v) is 16.0. The molecule has 11 fully saturated rings. The third kappa shape index (κ3) is 21.8. The molecule has 0 aromatic carbocycles. The van der Waals surface area contributed by atoms with Gasteiger partial charge in [0, 0.05) is 6.92 Å². The van der Waals surface area contributed by atoms with Crippen molar-refractivity contribution in [3.05, 3.63) is 0 Å². The molecule has 11 heterocycles. The highest BCUT2D eigenvalue weighted by molar-refractivity contribution is 5.73. The lowest BCUT2D eigenvalue weighted by Crippen LogP contribution is -2.69. The van der Waals surface area contributed by atoms with Crippen molar-refractivity contribution in [3.63, 3.8) is 0 Å². The standard InChI is InChI=1S/C68H115NO56/c1-13(79)69-25-36(90)50(22(10-78)107-58(25)104)118-64-49(103)53(121-67-57(43(97)32(86)19(7-75)114-67)125-68-56(42(96)31(85)20(8-76)115-68)124-63-48(102)51(33(87)21(9-77)111-63)119-60-44(98)37(91)26(80)14(2-70)108-60)35(89)24(117-64)11-105-59-47(101)52(120-66-55(41(95)30(84)18(6-74)113-66)123-62-46(100)39(93)28(82)16(4-72)110-62)34(88)23(116-59)12-106-65-54(40(94)29(83)17(5-73)112-65)122-61-45(99)38(92)27(81)15(3-71)109-61/h14-68,70-78,80-104H,2-12H2,1H3,(H,69,79)/t14-,15-,16-,17-,18-,19-,20-,21-,22-,23-,24-,25-,26-,27-,28-,29-,30-,31-,32-,33-,34-,35-,36-,37+,38+,39+,40+,41+,42+,43+,44-,45+,46+,47+,48+,49+,50-,51+,52+,53+,54+,55+,56+,57+,58?,59+,60+,61-,62-,63-,64+,65+,66-,67-,68-/m1/s1. The van der Waals surface area contributed by atoms with Gasteiger partial charge in [-0.3, -0.25) is 4.79 Å². The van der Waals surface area contributed by atoms with Crippen LogP contribution in [0.3, 0.4) is 0 Å². The molecular weight excluding hydrogens is 1730 g/mol. The van der Waals surface area contributed by atoms with Gasteiger partial charge in [0.15, 0.2) is 69.2 Å². The summed E-state index contributed by atoms with van der Waals surface area (Å²) in [5.74, 6) is -0.906. The van der Waals surface area contributed by atoms with E-state index in [0.29, 0.717) is 0 Å². The second kappa shape index (κ2) is 44.6. The Hall–Kier alpha value is -2.73. The van der Waals surface area contributed by atoms with Gasteiger partial charge in [0.2, 0.25) is 5.91 Å². The number of aliphatic hydroxyl groups is 34. The number of hydrogen-bond donors (Lipinski definition) is 35. The molecule has 11 saturated heterocycles. The first kappa shape index (κ1) is 103. The largest absolute Gasteiger partial charge is 0.394 e. The quantitative estimate of drug-likeness (QED) is 0.0297. The van der Waals surface area contributed by atoms with Crippen LogP contribution in [0.15, 0.2) is 0 Å². The summed E-state index contributed by atoms with van der Waals surface area (Å²) in [6.07, 6.45) is -119. The minimum Gasteiger partial charge on any atom is -0.394 e. The topological polar surface area (TPSA) is 911 Å². The molecule has 0 bridgehead atoms. The van der Waals surface area contributed by atoms with Gasteiger partial charge in [0.05, 0.1) is 72.7 Å². The summed E-state index contributed by atoms with van der Waals surface area (Å²) in [6, 6.07) is -1.85. The van der Waals surface area contributed by atoms with Crippen LogP contribution < -0.4 is 5.32 Å². The second-order valence-electron chi connectivity index (χ2n) is 31.6. The molecule has 57 nitrogen and oxygen atoms in total. The summed E-state index contributed by atoms with van der Waals surface area (Å²) in [4.78, 5) is 12.4. The minimum atomic E-state index is -2.63. The number of amides is 1. The normalized spacial score (nSPS) is 52.7. The smallest absolute Gasteiger partial charge is 0.217 e. The average molecular weight is 1840 g/mol. The van der Waals surface area contributed by atoms with Crippen molar-refractivity contribution in [1.29, 1.82) is 0 Å². The van der Waals surface area contributed by atoms with Gasteiger partial charge < -0.3 is 278 Å². The highest BCUT2D eigenvalue weighted by atomic mass is 16.8. The predicted octanol–water partition coefficient (Wildman–Crippen LogP) is -24.8. The van der Waals surface area contributed by atoms with Crippen molar-refractivity contribution >= 4 is 5.91 Å². The van der Waals surface area contributed by atoms with Gasteiger partial charge in [-0.15, -0.1) is 0 Å². The van der Waals surface area contributed by atoms with Gasteiger partial charge in [-0.1, -0.05) is 0 Å². The molecule has 57 heteroatoms. The summed E-state index contributed by atoms with van der Waals surface area (Å²) in [7, 11) is 0. The maximum absolute atomic E-state index is 12.7. The Bertz CT molecular complexity index is 3250. The minimum absolute atomic E-state index is 0.906. The van der Waals surface area contributed by atoms with Crippen molar-refractivity contribution in [1.82, 2.24) is 5.32 Å². The van der Waals surface area contributed by atoms with Crippen LogP contribution in [0, 0.1) is 0 Å². The van der Waals surface area contributed by atoms with E-state index in [2.05, 4.69) is 5.32 Å². The van der Waals surface area contributed by atoms with Crippen LogP contribution in [0.2, 0.25) is 0 Å². The maximum atomic E-state index is 12.7. The van der Waals surface area contributed by atoms with Crippen molar-refractivity contribution in [2.24, 2.45) is 0 Å². The fourth-order valence-electron chi connectivity index (χ4n) is 16.0. The van der Waals surface area contributed by atoms with Crippen LogP contribution in [0.1, 0.15) is 6.92 Å². The van der Waals surface area contributed by atoms with Gasteiger partial charge in [-0.2, -0.15) is 0 Å². The maximum Gasteiger partial charge on any atom is 0.217 e. The first-order chi connectivity index (χ1) is 59.3. The van der Waals surface area contributed by atoms with E-state index in [1.807, 2.05) is 0 Å². The number of ether oxygens (including phenoxy) is 21. The summed E-state index contributed by atoms with van der Waals surface area (Å²) in [6.45, 7) is -11.8. The van der Waals surface area contributed by atoms with Crippen LogP contribution >= 0.6 is 0 Å². The molecule has 125 heavy (non-hydrogen) atoms. The van der Waals surface area contributed by atoms with E-state index >= 15 is 0 Å². The number of carbonyl (C=O) groups is 1. The van der Waals surface area contributed by atoms with E-state index in [1.54, 1.807) is 0 Å². The lowest BCUT2D eigenvalue weighted by Gasteiger charge is -2.51. The number of rotatable bonds is 32. The SMILES string of the molecule is CC(=O)N[C@H]1C(O)O[C@H](CO)[C@@H](O[C@@H]2O[C@H](CO[C@H]3O[C@H](CO[C@H]4O[C@H](CO)[C@@H](O)[C@H](O)[C@@H]4O[C@H]4O[C@H](CO)[C@@H](O)[C@H](O)[C@@H]4O)[C@@H](O)[C@H](O[C@H]4O[C@H](CO)[C@@H](O)[C@H](O)[C@@H]4O[C@H]4O[C@H](CO)[C@@H](O)[C@H](O)[C@@H]4O)[C@@H]3O)[C@@H](O)[C@H](O[C@H]3O[C@H](CO)[C@@H](O)[C@H](O)[C@@H]3O[C@H]3O[C@H](CO)[C@@H](O)[C@H](O)[C@@H]3O[C@H]3O[C@H](CO)[C@@H](O)[C@H](O[C@@H]4O[C@H](CO)[C@@H](O)[C@H](O)[C@H]4O)[C@@H]3O)[C@@H]2O)[C@@H]1O. The molecule has 1 amide bonds. The van der Waals surface area contributed by atoms with Gasteiger partial charge in [-0.25, -0.2) is 0 Å². The van der Waals surface area contributed by atoms with Crippen molar-refractivity contribution in [2.75, 3.05) is 72.7 Å². The highest BCUT2D eigenvalue weighted by Crippen LogP contribution is 2.42. The number of nitrogens with one attached hydrogen (secondary N) is 1. The molecule has 1 unspecified atom stereocenters. The van der Waals surface area contributed by atoms with Crippen LogP contribution in [-0.4, -0.2) is 590 Å². The van der Waals surface area contributed by atoms with Gasteiger partial charge in [0.1, 0.15) is 269 Å². The zero-order chi connectivity index (χ0) is 91.7. The number of carbonyl (C=O) groups excluding carboxylic acids is 1. The predicted molar refractivity (Wildman–Crippen MR) is 374 cm³/mol. The molecule has 11 aliphatic rings. The Morgan fingerprint density at radius 3 is 0.744 bits per heavy atom. The van der Waals surface area contributed by atoms with E-state index in [-0.39, 0.29) is 0 Å². The Morgan fingerprint density at radius 2 is 0.424 bits per heavy atom. The van der Waals surface area contributed by atoms with Gasteiger partial charge in [0.25, 0.3) is 0 Å². The second-order valence-corrected chi connectivity index (χ2v) is 31.6. The Kier molecular flexibility index (Phi) is 36.7. The highest BCUT2D eigenvalue weighted by Gasteiger charge is 2.62.